The minimum atomic E-state index is 0. The van der Waals surface area contributed by atoms with Crippen LogP contribution in [-0.4, -0.2) is 10.8 Å². The number of hydrogen-bond acceptors (Lipinski definition) is 2. The maximum atomic E-state index is 12.2. The van der Waals surface area contributed by atoms with E-state index in [9.17, 15) is 4.79 Å². The highest BCUT2D eigenvalue weighted by atomic mass is 79.9. The number of carbonyl (C=O) groups is 1. The lowest BCUT2D eigenvalue weighted by molar-refractivity contribution is -0.686. The molecule has 0 radical (unpaired) electrons. The van der Waals surface area contributed by atoms with E-state index in [1.54, 1.807) is 23.0 Å². The van der Waals surface area contributed by atoms with Gasteiger partial charge in [0.25, 0.3) is 6.33 Å². The molecule has 0 aliphatic rings. The standard InChI is InChI=1S/C18H13BrClN2O.BrH/c19-14-7-5-13(6-8-14)18(23)11-22-10-9-17(21-12-22)15-3-1-2-4-16(15)20;/h1-10,12H,11H2;1H/q+1;. The molecule has 122 valence electrons. The van der Waals surface area contributed by atoms with Gasteiger partial charge in [0, 0.05) is 21.7 Å². The molecule has 0 atom stereocenters. The summed E-state index contributed by atoms with van der Waals surface area (Å²) in [7, 11) is 0. The summed E-state index contributed by atoms with van der Waals surface area (Å²) >= 11 is 9.53. The van der Waals surface area contributed by atoms with Gasteiger partial charge in [0.2, 0.25) is 5.78 Å². The van der Waals surface area contributed by atoms with Gasteiger partial charge >= 0.3 is 0 Å². The Bertz CT molecular complexity index is 836. The van der Waals surface area contributed by atoms with Gasteiger partial charge in [0.05, 0.1) is 11.2 Å². The fourth-order valence-electron chi connectivity index (χ4n) is 2.20. The third-order valence-electron chi connectivity index (χ3n) is 3.41. The van der Waals surface area contributed by atoms with Gasteiger partial charge in [0.1, 0.15) is 0 Å². The highest BCUT2D eigenvalue weighted by Crippen LogP contribution is 2.24. The first-order valence-corrected chi connectivity index (χ1v) is 8.19. The number of Topliss-reactive ketones (excluding diaryl/α,β-unsaturated/α-hetero) is 1. The Balaban J connectivity index is 0.00000208. The van der Waals surface area contributed by atoms with Gasteiger partial charge in [-0.2, -0.15) is 0 Å². The number of ketones is 1. The number of benzene rings is 2. The van der Waals surface area contributed by atoms with Gasteiger partial charge in [-0.25, -0.2) is 4.57 Å². The monoisotopic (exact) mass is 467 g/mol. The van der Waals surface area contributed by atoms with Gasteiger partial charge in [-0.05, 0) is 29.2 Å². The highest BCUT2D eigenvalue weighted by Gasteiger charge is 2.13. The Morgan fingerprint density at radius 3 is 2.42 bits per heavy atom. The number of carbonyl (C=O) groups excluding carboxylic acids is 1. The van der Waals surface area contributed by atoms with Crippen molar-refractivity contribution in [3.05, 3.63) is 82.2 Å². The zero-order valence-electron chi connectivity index (χ0n) is 12.5. The van der Waals surface area contributed by atoms with E-state index in [0.717, 1.165) is 15.7 Å². The highest BCUT2D eigenvalue weighted by molar-refractivity contribution is 9.10. The largest absolute Gasteiger partial charge is 0.290 e. The number of rotatable bonds is 4. The molecule has 0 saturated carbocycles. The minimum Gasteiger partial charge on any atom is -0.290 e. The summed E-state index contributed by atoms with van der Waals surface area (Å²) in [5.41, 5.74) is 2.33. The maximum Gasteiger partial charge on any atom is 0.287 e. The third-order valence-corrected chi connectivity index (χ3v) is 4.27. The second kappa shape index (κ2) is 8.51. The Morgan fingerprint density at radius 1 is 1.08 bits per heavy atom. The van der Waals surface area contributed by atoms with E-state index < -0.39 is 0 Å². The molecular weight excluding hydrogens is 455 g/mol. The maximum absolute atomic E-state index is 12.2. The molecule has 0 unspecified atom stereocenters. The average Bonchev–Trinajstić information content (AvgIpc) is 2.57. The molecule has 3 aromatic rings. The molecule has 0 spiro atoms. The number of halogens is 3. The molecule has 0 N–H and O–H groups in total. The molecule has 3 nitrogen and oxygen atoms in total. The van der Waals surface area contributed by atoms with Crippen LogP contribution in [0.25, 0.3) is 11.3 Å². The predicted molar refractivity (Wildman–Crippen MR) is 104 cm³/mol. The molecular formula is C18H14Br2ClN2O+. The van der Waals surface area contributed by atoms with E-state index in [1.807, 2.05) is 48.7 Å². The first-order chi connectivity index (χ1) is 11.1. The smallest absolute Gasteiger partial charge is 0.287 e. The molecule has 0 aliphatic heterocycles. The van der Waals surface area contributed by atoms with Crippen LogP contribution in [0.1, 0.15) is 10.4 Å². The lowest BCUT2D eigenvalue weighted by atomic mass is 10.1. The van der Waals surface area contributed by atoms with Crippen LogP contribution in [0.4, 0.5) is 0 Å². The van der Waals surface area contributed by atoms with Crippen LogP contribution in [-0.2, 0) is 6.54 Å². The SMILES string of the molecule is Br.O=C(C[n+]1ccc(-c2ccccc2Cl)nc1)c1ccc(Br)cc1. The van der Waals surface area contributed by atoms with E-state index >= 15 is 0 Å². The third kappa shape index (κ3) is 4.50. The van der Waals surface area contributed by atoms with Crippen molar-refractivity contribution in [2.45, 2.75) is 6.54 Å². The summed E-state index contributed by atoms with van der Waals surface area (Å²) in [5.74, 6) is 0.0368. The number of hydrogen-bond donors (Lipinski definition) is 0. The van der Waals surface area contributed by atoms with Crippen molar-refractivity contribution in [1.29, 1.82) is 0 Å². The van der Waals surface area contributed by atoms with Crippen LogP contribution < -0.4 is 4.57 Å². The first kappa shape index (κ1) is 18.8. The molecule has 24 heavy (non-hydrogen) atoms. The van der Waals surface area contributed by atoms with E-state index in [-0.39, 0.29) is 29.3 Å². The van der Waals surface area contributed by atoms with Crippen LogP contribution in [0.5, 0.6) is 0 Å². The molecule has 1 heterocycles. The molecule has 6 heteroatoms. The first-order valence-electron chi connectivity index (χ1n) is 7.02. The number of nitrogens with zero attached hydrogens (tertiary/aromatic N) is 2. The molecule has 0 aliphatic carbocycles. The van der Waals surface area contributed by atoms with E-state index in [0.29, 0.717) is 10.6 Å². The molecule has 2 aromatic carbocycles. The van der Waals surface area contributed by atoms with E-state index in [1.165, 1.54) is 0 Å². The predicted octanol–water partition coefficient (Wildman–Crippen LogP) is 4.91. The molecule has 3 rings (SSSR count). The van der Waals surface area contributed by atoms with Crippen molar-refractivity contribution in [3.8, 4) is 11.3 Å². The normalized spacial score (nSPS) is 10.1. The molecule has 0 fully saturated rings. The van der Waals surface area contributed by atoms with Crippen molar-refractivity contribution in [1.82, 2.24) is 4.98 Å². The fraction of sp³-hybridized carbons (Fsp3) is 0.0556. The van der Waals surface area contributed by atoms with Crippen molar-refractivity contribution in [2.24, 2.45) is 0 Å². The summed E-state index contributed by atoms with van der Waals surface area (Å²) in [6, 6.07) is 16.7. The Labute approximate surface area is 164 Å². The molecule has 1 aromatic heterocycles. The second-order valence-electron chi connectivity index (χ2n) is 5.03. The summed E-state index contributed by atoms with van der Waals surface area (Å²) in [4.78, 5) is 16.6. The van der Waals surface area contributed by atoms with Crippen LogP contribution in [0, 0.1) is 0 Å². The summed E-state index contributed by atoms with van der Waals surface area (Å²) in [6.07, 6.45) is 3.48. The van der Waals surface area contributed by atoms with Crippen molar-refractivity contribution >= 4 is 50.3 Å². The van der Waals surface area contributed by atoms with E-state index in [2.05, 4.69) is 20.9 Å². The van der Waals surface area contributed by atoms with Crippen molar-refractivity contribution < 1.29 is 9.36 Å². The number of aromatic nitrogens is 2. The lowest BCUT2D eigenvalue weighted by Gasteiger charge is -2.02. The summed E-state index contributed by atoms with van der Waals surface area (Å²) < 4.78 is 2.71. The van der Waals surface area contributed by atoms with Crippen LogP contribution in [0.3, 0.4) is 0 Å². The fourth-order valence-corrected chi connectivity index (χ4v) is 2.70. The van der Waals surface area contributed by atoms with Crippen molar-refractivity contribution in [2.75, 3.05) is 0 Å². The molecule has 0 amide bonds. The molecule has 0 saturated heterocycles. The molecule has 0 bridgehead atoms. The summed E-state index contributed by atoms with van der Waals surface area (Å²) in [5, 5.41) is 0.656. The Hall–Kier alpha value is -1.56. The van der Waals surface area contributed by atoms with Gasteiger partial charge in [0.15, 0.2) is 12.2 Å². The quantitative estimate of drug-likeness (QED) is 0.402. The Kier molecular flexibility index (Phi) is 6.66. The topological polar surface area (TPSA) is 33.8 Å². The van der Waals surface area contributed by atoms with Gasteiger partial charge < -0.3 is 0 Å². The zero-order valence-corrected chi connectivity index (χ0v) is 16.6. The average molecular weight is 470 g/mol. The van der Waals surface area contributed by atoms with E-state index in [4.69, 9.17) is 11.6 Å². The zero-order chi connectivity index (χ0) is 16.2. The minimum absolute atomic E-state index is 0. The second-order valence-corrected chi connectivity index (χ2v) is 6.35. The van der Waals surface area contributed by atoms with Crippen LogP contribution in [0.15, 0.2) is 71.6 Å². The van der Waals surface area contributed by atoms with Gasteiger partial charge in [-0.1, -0.05) is 51.8 Å². The summed E-state index contributed by atoms with van der Waals surface area (Å²) in [6.45, 7) is 0.247. The van der Waals surface area contributed by atoms with Crippen LogP contribution in [0.2, 0.25) is 5.02 Å². The Morgan fingerprint density at radius 2 is 1.79 bits per heavy atom. The lowest BCUT2D eigenvalue weighted by Crippen LogP contribution is -2.37. The van der Waals surface area contributed by atoms with Gasteiger partial charge in [-0.15, -0.1) is 17.0 Å². The van der Waals surface area contributed by atoms with Gasteiger partial charge in [-0.3, -0.25) is 4.79 Å². The van der Waals surface area contributed by atoms with Crippen molar-refractivity contribution in [3.63, 3.8) is 0 Å². The van der Waals surface area contributed by atoms with Crippen LogP contribution >= 0.6 is 44.5 Å².